The molecule has 0 aliphatic heterocycles. The number of hydrogen-bond donors (Lipinski definition) is 1. The first-order valence-corrected chi connectivity index (χ1v) is 10.5. The van der Waals surface area contributed by atoms with E-state index in [2.05, 4.69) is 10.4 Å². The summed E-state index contributed by atoms with van der Waals surface area (Å²) in [5.74, 6) is -0.125. The summed E-state index contributed by atoms with van der Waals surface area (Å²) in [7, 11) is 0. The van der Waals surface area contributed by atoms with Gasteiger partial charge in [0.2, 0.25) is 0 Å². The summed E-state index contributed by atoms with van der Waals surface area (Å²) in [6.07, 6.45) is 5.96. The van der Waals surface area contributed by atoms with Gasteiger partial charge in [-0.05, 0) is 42.2 Å². The molecule has 2 heterocycles. The van der Waals surface area contributed by atoms with Gasteiger partial charge in [0.15, 0.2) is 5.65 Å². The number of amides is 1. The number of carbonyl (C=O) groups excluding carboxylic acids is 1. The molecule has 1 N–H and O–H groups in total. The monoisotopic (exact) mass is 400 g/mol. The van der Waals surface area contributed by atoms with E-state index >= 15 is 0 Å². The Morgan fingerprint density at radius 3 is 2.45 bits per heavy atom. The molecule has 0 radical (unpaired) electrons. The van der Waals surface area contributed by atoms with Crippen molar-refractivity contribution in [1.29, 1.82) is 0 Å². The van der Waals surface area contributed by atoms with E-state index in [9.17, 15) is 4.79 Å². The van der Waals surface area contributed by atoms with E-state index < -0.39 is 0 Å². The zero-order chi connectivity index (χ0) is 20.1. The lowest BCUT2D eigenvalue weighted by atomic mass is 10.2. The second-order valence-corrected chi connectivity index (χ2v) is 7.21. The van der Waals surface area contributed by atoms with Gasteiger partial charge in [-0.3, -0.25) is 4.79 Å². The van der Waals surface area contributed by atoms with Gasteiger partial charge in [0, 0.05) is 5.56 Å². The van der Waals surface area contributed by atoms with E-state index in [1.165, 1.54) is 0 Å². The number of carbonyl (C=O) groups is 1. The van der Waals surface area contributed by atoms with Crippen molar-refractivity contribution in [2.24, 2.45) is 0 Å². The molecule has 0 aliphatic carbocycles. The molecule has 4 aromatic rings. The van der Waals surface area contributed by atoms with E-state index in [0.717, 1.165) is 27.6 Å². The highest BCUT2D eigenvalue weighted by Crippen LogP contribution is 2.18. The summed E-state index contributed by atoms with van der Waals surface area (Å²) < 4.78 is 1.81. The van der Waals surface area contributed by atoms with Crippen LogP contribution in [0.4, 0.5) is 0 Å². The van der Waals surface area contributed by atoms with Crippen molar-refractivity contribution in [3.8, 4) is 0 Å². The number of rotatable bonds is 6. The smallest absolute Gasteiger partial charge is 0.251 e. The van der Waals surface area contributed by atoms with Crippen LogP contribution in [0.25, 0.3) is 17.8 Å². The lowest BCUT2D eigenvalue weighted by Gasteiger charge is -2.07. The number of fused-ring (bicyclic) bond motifs is 1. The molecular weight excluding hydrogens is 380 g/mol. The maximum atomic E-state index is 12.5. The molecule has 0 aliphatic rings. The molecule has 0 saturated heterocycles. The van der Waals surface area contributed by atoms with Crippen molar-refractivity contribution in [2.75, 3.05) is 6.26 Å². The Balaban J connectivity index is 1.67. The van der Waals surface area contributed by atoms with Crippen LogP contribution in [-0.4, -0.2) is 26.8 Å². The number of hydrogen-bond acceptors (Lipinski definition) is 4. The highest BCUT2D eigenvalue weighted by molar-refractivity contribution is 7.98. The molecule has 2 aromatic heterocycles. The summed E-state index contributed by atoms with van der Waals surface area (Å²) in [4.78, 5) is 17.2. The van der Waals surface area contributed by atoms with Gasteiger partial charge in [-0.2, -0.15) is 5.10 Å². The van der Waals surface area contributed by atoms with Gasteiger partial charge < -0.3 is 5.32 Å². The van der Waals surface area contributed by atoms with E-state index in [1.54, 1.807) is 23.9 Å². The van der Waals surface area contributed by atoms with Gasteiger partial charge in [-0.1, -0.05) is 54.6 Å². The van der Waals surface area contributed by atoms with E-state index in [4.69, 9.17) is 4.98 Å². The van der Waals surface area contributed by atoms with Gasteiger partial charge in [0.25, 0.3) is 5.91 Å². The fourth-order valence-corrected chi connectivity index (χ4v) is 3.35. The SMILES string of the molecule is CSc1ccc2nc(/C=C/c3ccccc3)c(CNC(=O)c3ccccc3)n2n1. The Labute approximate surface area is 173 Å². The molecule has 29 heavy (non-hydrogen) atoms. The van der Waals surface area contributed by atoms with Crippen LogP contribution >= 0.6 is 11.8 Å². The van der Waals surface area contributed by atoms with Crippen molar-refractivity contribution in [1.82, 2.24) is 19.9 Å². The summed E-state index contributed by atoms with van der Waals surface area (Å²) in [6, 6.07) is 23.1. The number of nitrogens with one attached hydrogen (secondary N) is 1. The Bertz CT molecular complexity index is 1150. The van der Waals surface area contributed by atoms with Crippen LogP contribution in [0.2, 0.25) is 0 Å². The molecule has 0 atom stereocenters. The fraction of sp³-hybridized carbons (Fsp3) is 0.0870. The Morgan fingerprint density at radius 1 is 1.00 bits per heavy atom. The fourth-order valence-electron chi connectivity index (χ4n) is 2.98. The number of thioether (sulfide) groups is 1. The lowest BCUT2D eigenvalue weighted by molar-refractivity contribution is 0.0950. The molecule has 0 bridgehead atoms. The van der Waals surface area contributed by atoms with Crippen molar-refractivity contribution in [2.45, 2.75) is 11.6 Å². The van der Waals surface area contributed by atoms with E-state index in [-0.39, 0.29) is 5.91 Å². The minimum atomic E-state index is -0.125. The number of nitrogens with zero attached hydrogens (tertiary/aromatic N) is 3. The molecule has 6 heteroatoms. The van der Waals surface area contributed by atoms with Crippen molar-refractivity contribution in [3.63, 3.8) is 0 Å². The third-order valence-corrected chi connectivity index (χ3v) is 5.11. The molecule has 0 unspecified atom stereocenters. The standard InChI is InChI=1S/C23H20N4OS/c1-29-22-15-14-21-25-19(13-12-17-8-4-2-5-9-17)20(27(21)26-22)16-24-23(28)18-10-6-3-7-11-18/h2-15H,16H2,1H3,(H,24,28)/b13-12+. The van der Waals surface area contributed by atoms with Crippen molar-refractivity contribution < 1.29 is 4.79 Å². The first-order chi connectivity index (χ1) is 14.2. The van der Waals surface area contributed by atoms with Crippen molar-refractivity contribution in [3.05, 3.63) is 95.3 Å². The van der Waals surface area contributed by atoms with Crippen LogP contribution < -0.4 is 5.32 Å². The Morgan fingerprint density at radius 2 is 1.72 bits per heavy atom. The summed E-state index contributed by atoms with van der Waals surface area (Å²) in [5, 5.41) is 8.53. The minimum absolute atomic E-state index is 0.125. The van der Waals surface area contributed by atoms with Crippen LogP contribution in [0.3, 0.4) is 0 Å². The minimum Gasteiger partial charge on any atom is -0.346 e. The normalized spacial score (nSPS) is 11.2. The third-order valence-electron chi connectivity index (χ3n) is 4.47. The molecule has 144 valence electrons. The molecule has 0 fully saturated rings. The Hall–Kier alpha value is -3.38. The average Bonchev–Trinajstić information content (AvgIpc) is 3.13. The maximum Gasteiger partial charge on any atom is 0.251 e. The zero-order valence-corrected chi connectivity index (χ0v) is 16.8. The second-order valence-electron chi connectivity index (χ2n) is 6.38. The van der Waals surface area contributed by atoms with Crippen LogP contribution in [0, 0.1) is 0 Å². The topological polar surface area (TPSA) is 59.3 Å². The second kappa shape index (κ2) is 8.75. The van der Waals surface area contributed by atoms with Gasteiger partial charge in [-0.15, -0.1) is 11.8 Å². The van der Waals surface area contributed by atoms with Crippen LogP contribution in [0.5, 0.6) is 0 Å². The van der Waals surface area contributed by atoms with E-state index in [0.29, 0.717) is 12.1 Å². The predicted octanol–water partition coefficient (Wildman–Crippen LogP) is 4.55. The largest absolute Gasteiger partial charge is 0.346 e. The molecule has 2 aromatic carbocycles. The molecule has 4 rings (SSSR count). The van der Waals surface area contributed by atoms with E-state index in [1.807, 2.05) is 83.6 Å². The van der Waals surface area contributed by atoms with Gasteiger partial charge >= 0.3 is 0 Å². The lowest BCUT2D eigenvalue weighted by Crippen LogP contribution is -2.24. The molecular formula is C23H20N4OS. The van der Waals surface area contributed by atoms with Crippen LogP contribution in [-0.2, 0) is 6.54 Å². The highest BCUT2D eigenvalue weighted by atomic mass is 32.2. The highest BCUT2D eigenvalue weighted by Gasteiger charge is 2.14. The van der Waals surface area contributed by atoms with Gasteiger partial charge in [0.05, 0.1) is 17.9 Å². The Kier molecular flexibility index (Phi) is 5.72. The molecule has 5 nitrogen and oxygen atoms in total. The average molecular weight is 401 g/mol. The van der Waals surface area contributed by atoms with Gasteiger partial charge in [-0.25, -0.2) is 9.50 Å². The number of benzene rings is 2. The maximum absolute atomic E-state index is 12.5. The number of aromatic nitrogens is 3. The van der Waals surface area contributed by atoms with Crippen LogP contribution in [0.15, 0.2) is 77.8 Å². The van der Waals surface area contributed by atoms with Crippen molar-refractivity contribution >= 4 is 35.5 Å². The predicted molar refractivity (Wildman–Crippen MR) is 118 cm³/mol. The number of imidazole rings is 1. The first kappa shape index (κ1) is 19.0. The quantitative estimate of drug-likeness (QED) is 0.482. The third kappa shape index (κ3) is 4.38. The summed E-state index contributed by atoms with van der Waals surface area (Å²) >= 11 is 1.57. The molecule has 0 spiro atoms. The van der Waals surface area contributed by atoms with Crippen LogP contribution in [0.1, 0.15) is 27.3 Å². The summed E-state index contributed by atoms with van der Waals surface area (Å²) in [6.45, 7) is 0.328. The first-order valence-electron chi connectivity index (χ1n) is 9.23. The zero-order valence-electron chi connectivity index (χ0n) is 15.9. The molecule has 0 saturated carbocycles. The van der Waals surface area contributed by atoms with Gasteiger partial charge in [0.1, 0.15) is 5.03 Å². The summed E-state index contributed by atoms with van der Waals surface area (Å²) in [5.41, 5.74) is 4.09. The molecule has 1 amide bonds.